The predicted octanol–water partition coefficient (Wildman–Crippen LogP) is 2.09. The Kier molecular flexibility index (Phi) is 3.10. The molecular formula is C11H10ClF2NO. The van der Waals surface area contributed by atoms with Gasteiger partial charge >= 0.3 is 0 Å². The fourth-order valence-corrected chi connectivity index (χ4v) is 2.08. The minimum absolute atomic E-state index is 0.104. The van der Waals surface area contributed by atoms with E-state index in [0.29, 0.717) is 24.1 Å². The molecule has 0 saturated carbocycles. The van der Waals surface area contributed by atoms with Gasteiger partial charge in [0.05, 0.1) is 0 Å². The zero-order valence-corrected chi connectivity index (χ0v) is 9.23. The molecule has 0 unspecified atom stereocenters. The lowest BCUT2D eigenvalue weighted by Gasteiger charge is -2.28. The van der Waals surface area contributed by atoms with Crippen molar-refractivity contribution >= 4 is 17.5 Å². The lowest BCUT2D eigenvalue weighted by molar-refractivity contribution is -0.129. The van der Waals surface area contributed by atoms with Crippen molar-refractivity contribution in [3.8, 4) is 0 Å². The van der Waals surface area contributed by atoms with Crippen LogP contribution in [0.3, 0.4) is 0 Å². The van der Waals surface area contributed by atoms with Crippen LogP contribution in [0.15, 0.2) is 12.1 Å². The molecular weight excluding hydrogens is 236 g/mol. The van der Waals surface area contributed by atoms with Crippen molar-refractivity contribution in [1.82, 2.24) is 4.90 Å². The highest BCUT2D eigenvalue weighted by Gasteiger charge is 2.22. The predicted molar refractivity (Wildman–Crippen MR) is 56.2 cm³/mol. The van der Waals surface area contributed by atoms with E-state index in [-0.39, 0.29) is 18.3 Å². The molecule has 86 valence electrons. The Bertz CT molecular complexity index is 436. The van der Waals surface area contributed by atoms with Gasteiger partial charge in [-0.05, 0) is 23.6 Å². The minimum atomic E-state index is -0.614. The van der Waals surface area contributed by atoms with Gasteiger partial charge in [0.25, 0.3) is 0 Å². The molecule has 1 aromatic rings. The van der Waals surface area contributed by atoms with Gasteiger partial charge in [-0.1, -0.05) is 0 Å². The Morgan fingerprint density at radius 3 is 2.88 bits per heavy atom. The van der Waals surface area contributed by atoms with Crippen molar-refractivity contribution in [1.29, 1.82) is 0 Å². The molecule has 0 spiro atoms. The highest BCUT2D eigenvalue weighted by molar-refractivity contribution is 6.27. The summed E-state index contributed by atoms with van der Waals surface area (Å²) in [5.74, 6) is -1.46. The largest absolute Gasteiger partial charge is 0.337 e. The van der Waals surface area contributed by atoms with Crippen LogP contribution in [0.5, 0.6) is 0 Å². The summed E-state index contributed by atoms with van der Waals surface area (Å²) in [5.41, 5.74) is 1.03. The molecule has 5 heteroatoms. The number of nitrogens with zero attached hydrogens (tertiary/aromatic N) is 1. The van der Waals surface area contributed by atoms with Crippen LogP contribution in [0.2, 0.25) is 0 Å². The average Bonchev–Trinajstić information content (AvgIpc) is 2.27. The summed E-state index contributed by atoms with van der Waals surface area (Å²) in [5, 5.41) is 0. The van der Waals surface area contributed by atoms with E-state index in [1.165, 1.54) is 11.0 Å². The van der Waals surface area contributed by atoms with Crippen LogP contribution in [-0.2, 0) is 17.8 Å². The van der Waals surface area contributed by atoms with Crippen LogP contribution in [-0.4, -0.2) is 23.2 Å². The molecule has 0 aromatic heterocycles. The first kappa shape index (κ1) is 11.3. The number of amides is 1. The molecule has 16 heavy (non-hydrogen) atoms. The highest BCUT2D eigenvalue weighted by Crippen LogP contribution is 2.23. The van der Waals surface area contributed by atoms with Gasteiger partial charge in [-0.25, -0.2) is 8.78 Å². The Labute approximate surface area is 96.8 Å². The fourth-order valence-electron chi connectivity index (χ4n) is 1.91. The molecule has 0 atom stereocenters. The molecule has 2 rings (SSSR count). The summed E-state index contributed by atoms with van der Waals surface area (Å²) >= 11 is 5.44. The van der Waals surface area contributed by atoms with Crippen molar-refractivity contribution < 1.29 is 13.6 Å². The Morgan fingerprint density at radius 2 is 2.19 bits per heavy atom. The highest BCUT2D eigenvalue weighted by atomic mass is 35.5. The quantitative estimate of drug-likeness (QED) is 0.694. The number of carbonyl (C=O) groups excluding carboxylic acids is 1. The van der Waals surface area contributed by atoms with Crippen LogP contribution in [0.25, 0.3) is 0 Å². The molecule has 0 fully saturated rings. The van der Waals surface area contributed by atoms with Gasteiger partial charge in [0.15, 0.2) is 0 Å². The lowest BCUT2D eigenvalue weighted by Crippen LogP contribution is -2.37. The minimum Gasteiger partial charge on any atom is -0.337 e. The maximum absolute atomic E-state index is 13.4. The number of rotatable bonds is 1. The number of carbonyl (C=O) groups is 1. The van der Waals surface area contributed by atoms with Gasteiger partial charge in [-0.3, -0.25) is 4.79 Å². The van der Waals surface area contributed by atoms with E-state index >= 15 is 0 Å². The van der Waals surface area contributed by atoms with Gasteiger partial charge in [0.1, 0.15) is 17.5 Å². The molecule has 1 amide bonds. The van der Waals surface area contributed by atoms with Gasteiger partial charge in [-0.15, -0.1) is 11.6 Å². The van der Waals surface area contributed by atoms with Crippen LogP contribution >= 0.6 is 11.6 Å². The third kappa shape index (κ3) is 2.02. The smallest absolute Gasteiger partial charge is 0.237 e. The van der Waals surface area contributed by atoms with E-state index in [9.17, 15) is 13.6 Å². The number of fused-ring (bicyclic) bond motifs is 1. The van der Waals surface area contributed by atoms with Crippen LogP contribution < -0.4 is 0 Å². The summed E-state index contributed by atoms with van der Waals surface area (Å²) < 4.78 is 26.4. The molecule has 0 bridgehead atoms. The van der Waals surface area contributed by atoms with E-state index in [4.69, 9.17) is 11.6 Å². The third-order valence-electron chi connectivity index (χ3n) is 2.71. The topological polar surface area (TPSA) is 20.3 Å². The summed E-state index contributed by atoms with van der Waals surface area (Å²) in [6.45, 7) is 0.663. The van der Waals surface area contributed by atoms with Gasteiger partial charge < -0.3 is 4.90 Å². The van der Waals surface area contributed by atoms with Gasteiger partial charge in [0.2, 0.25) is 5.91 Å². The zero-order valence-electron chi connectivity index (χ0n) is 8.47. The molecule has 2 nitrogen and oxygen atoms in total. The number of hydrogen-bond donors (Lipinski definition) is 0. The van der Waals surface area contributed by atoms with Crippen LogP contribution in [0, 0.1) is 11.6 Å². The number of alkyl halides is 1. The van der Waals surface area contributed by atoms with Crippen molar-refractivity contribution in [3.63, 3.8) is 0 Å². The van der Waals surface area contributed by atoms with E-state index in [2.05, 4.69) is 0 Å². The Morgan fingerprint density at radius 1 is 1.44 bits per heavy atom. The second-order valence-corrected chi connectivity index (χ2v) is 3.99. The standard InChI is InChI=1S/C11H10ClF2NO/c12-5-11(16)15-2-1-9-7(6-15)3-8(13)4-10(9)14/h3-4H,1-2,5-6H2. The fraction of sp³-hybridized carbons (Fsp3) is 0.364. The summed E-state index contributed by atoms with van der Waals surface area (Å²) in [7, 11) is 0. The molecule has 1 aliphatic rings. The summed E-state index contributed by atoms with van der Waals surface area (Å²) in [6, 6.07) is 2.14. The van der Waals surface area contributed by atoms with Gasteiger partial charge in [-0.2, -0.15) is 0 Å². The van der Waals surface area contributed by atoms with E-state index < -0.39 is 11.6 Å². The average molecular weight is 246 g/mol. The molecule has 1 aliphatic heterocycles. The second-order valence-electron chi connectivity index (χ2n) is 3.72. The number of benzene rings is 1. The van der Waals surface area contributed by atoms with Crippen molar-refractivity contribution in [2.24, 2.45) is 0 Å². The zero-order chi connectivity index (χ0) is 11.7. The summed E-state index contributed by atoms with van der Waals surface area (Å²) in [4.78, 5) is 12.9. The number of halogens is 3. The number of hydrogen-bond acceptors (Lipinski definition) is 1. The molecule has 0 N–H and O–H groups in total. The molecule has 0 saturated heterocycles. The van der Waals surface area contributed by atoms with E-state index in [0.717, 1.165) is 6.07 Å². The lowest BCUT2D eigenvalue weighted by atomic mass is 9.99. The van der Waals surface area contributed by atoms with E-state index in [1.807, 2.05) is 0 Å². The summed E-state index contributed by atoms with van der Waals surface area (Å²) in [6.07, 6.45) is 0.407. The monoisotopic (exact) mass is 245 g/mol. The second kappa shape index (κ2) is 4.37. The third-order valence-corrected chi connectivity index (χ3v) is 2.94. The van der Waals surface area contributed by atoms with E-state index in [1.54, 1.807) is 0 Å². The van der Waals surface area contributed by atoms with Crippen LogP contribution in [0.1, 0.15) is 11.1 Å². The van der Waals surface area contributed by atoms with Crippen LogP contribution in [0.4, 0.5) is 8.78 Å². The van der Waals surface area contributed by atoms with Crippen molar-refractivity contribution in [3.05, 3.63) is 34.9 Å². The maximum Gasteiger partial charge on any atom is 0.237 e. The molecule has 0 aliphatic carbocycles. The molecule has 0 radical (unpaired) electrons. The first-order valence-corrected chi connectivity index (χ1v) is 5.46. The SMILES string of the molecule is O=C(CCl)N1CCc2c(F)cc(F)cc2C1. The van der Waals surface area contributed by atoms with Gasteiger partial charge in [0, 0.05) is 19.2 Å². The van der Waals surface area contributed by atoms with Crippen molar-refractivity contribution in [2.45, 2.75) is 13.0 Å². The molecule has 1 aromatic carbocycles. The maximum atomic E-state index is 13.4. The Balaban J connectivity index is 2.30. The van der Waals surface area contributed by atoms with Crippen molar-refractivity contribution in [2.75, 3.05) is 12.4 Å². The first-order valence-electron chi connectivity index (χ1n) is 4.92. The molecule has 1 heterocycles. The normalized spacial score (nSPS) is 14.8. The Hall–Kier alpha value is -1.16. The first-order chi connectivity index (χ1) is 7.61.